The van der Waals surface area contributed by atoms with Crippen LogP contribution in [-0.2, 0) is 14.8 Å². The van der Waals surface area contributed by atoms with Gasteiger partial charge in [-0.1, -0.05) is 6.07 Å². The van der Waals surface area contributed by atoms with Crippen LogP contribution < -0.4 is 0 Å². The van der Waals surface area contributed by atoms with E-state index < -0.39 is 10.0 Å². The van der Waals surface area contributed by atoms with E-state index in [2.05, 4.69) is 15.0 Å². The molecule has 0 unspecified atom stereocenters. The molecule has 8 heteroatoms. The van der Waals surface area contributed by atoms with Gasteiger partial charge in [0, 0.05) is 43.9 Å². The highest BCUT2D eigenvalue weighted by Gasteiger charge is 2.41. The molecule has 0 bridgehead atoms. The second kappa shape index (κ2) is 6.15. The Morgan fingerprint density at radius 2 is 2.27 bits per heavy atom. The van der Waals surface area contributed by atoms with Gasteiger partial charge >= 0.3 is 0 Å². The molecule has 0 saturated carbocycles. The Hall–Kier alpha value is -1.77. The van der Waals surface area contributed by atoms with Gasteiger partial charge in [-0.05, 0) is 12.1 Å². The molecule has 3 heterocycles. The molecule has 1 N–H and O–H groups in total. The molecule has 0 aliphatic carbocycles. The zero-order valence-electron chi connectivity index (χ0n) is 12.2. The van der Waals surface area contributed by atoms with Gasteiger partial charge in [0.1, 0.15) is 0 Å². The summed E-state index contributed by atoms with van der Waals surface area (Å²) >= 11 is 0. The predicted molar refractivity (Wildman–Crippen MR) is 79.7 cm³/mol. The Balaban J connectivity index is 1.88. The van der Waals surface area contributed by atoms with E-state index in [0.717, 1.165) is 5.69 Å². The highest BCUT2D eigenvalue weighted by Crippen LogP contribution is 2.34. The number of hydrogen-bond donors (Lipinski definition) is 1. The third kappa shape index (κ3) is 2.77. The molecule has 2 atom stereocenters. The largest absolute Gasteiger partial charge is 0.384 e. The van der Waals surface area contributed by atoms with Crippen molar-refractivity contribution >= 4 is 10.0 Å². The molecule has 118 valence electrons. The van der Waals surface area contributed by atoms with E-state index in [9.17, 15) is 8.42 Å². The van der Waals surface area contributed by atoms with Crippen molar-refractivity contribution in [3.63, 3.8) is 0 Å². The third-order valence-corrected chi connectivity index (χ3v) is 5.70. The average molecular weight is 322 g/mol. The van der Waals surface area contributed by atoms with Crippen molar-refractivity contribution < 1.29 is 13.2 Å². The van der Waals surface area contributed by atoms with Crippen LogP contribution in [0.5, 0.6) is 0 Å². The molecular weight excluding hydrogens is 304 g/mol. The standard InChI is InChI=1S/C14H18N4O3S/c1-21-9-11-7-18(22(19,20)14-6-15-10-17-14)8-12(11)13-4-2-3-5-16-13/h2-6,10-12H,7-9H2,1H3,(H,15,17)/t11-,12+/m0/s1. The van der Waals surface area contributed by atoms with Crippen LogP contribution in [0.2, 0.25) is 0 Å². The number of rotatable bonds is 5. The van der Waals surface area contributed by atoms with E-state index in [1.807, 2.05) is 18.2 Å². The summed E-state index contributed by atoms with van der Waals surface area (Å²) in [5.41, 5.74) is 0.895. The van der Waals surface area contributed by atoms with Crippen LogP contribution in [0.15, 0.2) is 41.9 Å². The minimum absolute atomic E-state index is 0.0267. The lowest BCUT2D eigenvalue weighted by Gasteiger charge is -2.16. The van der Waals surface area contributed by atoms with Crippen molar-refractivity contribution in [1.29, 1.82) is 0 Å². The van der Waals surface area contributed by atoms with E-state index in [1.165, 1.54) is 16.8 Å². The molecule has 7 nitrogen and oxygen atoms in total. The molecule has 22 heavy (non-hydrogen) atoms. The molecule has 1 fully saturated rings. The summed E-state index contributed by atoms with van der Waals surface area (Å²) in [6.45, 7) is 1.30. The molecular formula is C14H18N4O3S. The minimum atomic E-state index is -3.56. The maximum atomic E-state index is 12.6. The Morgan fingerprint density at radius 1 is 1.41 bits per heavy atom. The van der Waals surface area contributed by atoms with Gasteiger partial charge in [0.15, 0.2) is 5.03 Å². The first kappa shape index (κ1) is 15.1. The topological polar surface area (TPSA) is 88.2 Å². The number of pyridine rings is 1. The normalized spacial score (nSPS) is 23.0. The summed E-state index contributed by atoms with van der Waals surface area (Å²) in [6, 6.07) is 5.70. The number of aromatic amines is 1. The highest BCUT2D eigenvalue weighted by atomic mass is 32.2. The van der Waals surface area contributed by atoms with Crippen molar-refractivity contribution in [2.24, 2.45) is 5.92 Å². The van der Waals surface area contributed by atoms with Crippen molar-refractivity contribution in [2.75, 3.05) is 26.8 Å². The van der Waals surface area contributed by atoms with Gasteiger partial charge in [-0.25, -0.2) is 13.4 Å². The number of nitrogens with zero attached hydrogens (tertiary/aromatic N) is 3. The van der Waals surface area contributed by atoms with Crippen LogP contribution in [0, 0.1) is 5.92 Å². The lowest BCUT2D eigenvalue weighted by Crippen LogP contribution is -2.29. The maximum absolute atomic E-state index is 12.6. The first-order valence-corrected chi connectivity index (χ1v) is 8.45. The Labute approximate surface area is 129 Å². The Bertz CT molecular complexity index is 703. The van der Waals surface area contributed by atoms with E-state index in [0.29, 0.717) is 19.7 Å². The second-order valence-electron chi connectivity index (χ2n) is 5.31. The van der Waals surface area contributed by atoms with Crippen LogP contribution in [-0.4, -0.2) is 54.5 Å². The average Bonchev–Trinajstić information content (AvgIpc) is 3.19. The molecule has 0 aromatic carbocycles. The van der Waals surface area contributed by atoms with Crippen LogP contribution in [0.3, 0.4) is 0 Å². The number of imidazole rings is 1. The fraction of sp³-hybridized carbons (Fsp3) is 0.429. The predicted octanol–water partition coefficient (Wildman–Crippen LogP) is 0.855. The lowest BCUT2D eigenvalue weighted by molar-refractivity contribution is 0.150. The lowest BCUT2D eigenvalue weighted by atomic mass is 9.93. The van der Waals surface area contributed by atoms with Gasteiger partial charge in [-0.2, -0.15) is 4.31 Å². The van der Waals surface area contributed by atoms with Crippen molar-refractivity contribution in [1.82, 2.24) is 19.3 Å². The Morgan fingerprint density at radius 3 is 2.91 bits per heavy atom. The third-order valence-electron chi connectivity index (χ3n) is 3.95. The van der Waals surface area contributed by atoms with Crippen molar-refractivity contribution in [3.8, 4) is 0 Å². The molecule has 3 rings (SSSR count). The number of sulfonamides is 1. The maximum Gasteiger partial charge on any atom is 0.260 e. The van der Waals surface area contributed by atoms with E-state index in [1.54, 1.807) is 13.3 Å². The quantitative estimate of drug-likeness (QED) is 0.882. The van der Waals surface area contributed by atoms with Gasteiger partial charge in [0.05, 0.1) is 19.1 Å². The van der Waals surface area contributed by atoms with Crippen LogP contribution in [0.4, 0.5) is 0 Å². The van der Waals surface area contributed by atoms with Crippen LogP contribution >= 0.6 is 0 Å². The first-order chi connectivity index (χ1) is 10.6. The molecule has 0 amide bonds. The van der Waals surface area contributed by atoms with E-state index in [-0.39, 0.29) is 16.9 Å². The smallest absolute Gasteiger partial charge is 0.260 e. The zero-order chi connectivity index (χ0) is 15.6. The van der Waals surface area contributed by atoms with Crippen molar-refractivity contribution in [2.45, 2.75) is 10.9 Å². The zero-order valence-corrected chi connectivity index (χ0v) is 13.0. The molecule has 0 spiro atoms. The number of H-pyrrole nitrogens is 1. The summed E-state index contributed by atoms with van der Waals surface area (Å²) in [7, 11) is -1.93. The van der Waals surface area contributed by atoms with Gasteiger partial charge in [-0.15, -0.1) is 0 Å². The Kier molecular flexibility index (Phi) is 4.23. The fourth-order valence-electron chi connectivity index (χ4n) is 2.86. The number of hydrogen-bond acceptors (Lipinski definition) is 5. The molecule has 1 aliphatic heterocycles. The number of aromatic nitrogens is 3. The highest BCUT2D eigenvalue weighted by molar-refractivity contribution is 7.89. The van der Waals surface area contributed by atoms with E-state index >= 15 is 0 Å². The van der Waals surface area contributed by atoms with Gasteiger partial charge in [0.2, 0.25) is 0 Å². The molecule has 1 saturated heterocycles. The monoisotopic (exact) mass is 322 g/mol. The van der Waals surface area contributed by atoms with Crippen LogP contribution in [0.1, 0.15) is 11.6 Å². The van der Waals surface area contributed by atoms with Gasteiger partial charge in [0.25, 0.3) is 10.0 Å². The SMILES string of the molecule is COC[C@@H]1CN(S(=O)(=O)c2cnc[nH]2)C[C@H]1c1ccccn1. The number of ether oxygens (including phenoxy) is 1. The first-order valence-electron chi connectivity index (χ1n) is 7.01. The molecule has 0 radical (unpaired) electrons. The summed E-state index contributed by atoms with van der Waals surface area (Å²) in [5.74, 6) is 0.108. The molecule has 2 aromatic rings. The van der Waals surface area contributed by atoms with Gasteiger partial charge in [-0.3, -0.25) is 4.98 Å². The molecule has 2 aromatic heterocycles. The summed E-state index contributed by atoms with van der Waals surface area (Å²) < 4.78 is 32.0. The van der Waals surface area contributed by atoms with Crippen LogP contribution in [0.25, 0.3) is 0 Å². The summed E-state index contributed by atoms with van der Waals surface area (Å²) in [6.07, 6.45) is 4.42. The van der Waals surface area contributed by atoms with Gasteiger partial charge < -0.3 is 9.72 Å². The fourth-order valence-corrected chi connectivity index (χ4v) is 4.28. The number of methoxy groups -OCH3 is 1. The molecule has 1 aliphatic rings. The second-order valence-corrected chi connectivity index (χ2v) is 7.22. The minimum Gasteiger partial charge on any atom is -0.384 e. The van der Waals surface area contributed by atoms with E-state index in [4.69, 9.17) is 4.74 Å². The summed E-state index contributed by atoms with van der Waals surface area (Å²) in [4.78, 5) is 10.8. The van der Waals surface area contributed by atoms with Crippen molar-refractivity contribution in [3.05, 3.63) is 42.6 Å². The number of nitrogens with one attached hydrogen (secondary N) is 1. The summed E-state index contributed by atoms with van der Waals surface area (Å²) in [5, 5.41) is 0.116.